The van der Waals surface area contributed by atoms with Gasteiger partial charge in [-0.25, -0.2) is 0 Å². The molecule has 1 aliphatic rings. The highest BCUT2D eigenvalue weighted by molar-refractivity contribution is 5.66. The van der Waals surface area contributed by atoms with Crippen molar-refractivity contribution >= 4 is 11.4 Å². The number of hydrogen-bond acceptors (Lipinski definition) is 2. The lowest BCUT2D eigenvalue weighted by Crippen LogP contribution is -2.12. The largest absolute Gasteiger partial charge is 0.398 e. The number of aryl methyl sites for hydroxylation is 1. The molecule has 0 aliphatic carbocycles. The first kappa shape index (κ1) is 7.47. The molecule has 0 radical (unpaired) electrons. The van der Waals surface area contributed by atoms with Crippen LogP contribution in [0.5, 0.6) is 0 Å². The Bertz CT molecular complexity index is 318. The molecule has 0 saturated carbocycles. The Balaban J connectivity index is 2.56. The fourth-order valence-corrected chi connectivity index (χ4v) is 1.74. The van der Waals surface area contributed by atoms with E-state index in [1.165, 1.54) is 16.8 Å². The van der Waals surface area contributed by atoms with Gasteiger partial charge in [0, 0.05) is 25.0 Å². The maximum absolute atomic E-state index is 5.83. The zero-order chi connectivity index (χ0) is 8.72. The third-order valence-corrected chi connectivity index (χ3v) is 2.60. The van der Waals surface area contributed by atoms with Gasteiger partial charge in [0.1, 0.15) is 0 Å². The minimum atomic E-state index is 0.905. The molecule has 1 aromatic rings. The lowest BCUT2D eigenvalue weighted by molar-refractivity contribution is 0.956. The molecule has 0 fully saturated rings. The Kier molecular flexibility index (Phi) is 1.50. The second-order valence-electron chi connectivity index (χ2n) is 3.51. The van der Waals surface area contributed by atoms with Crippen molar-refractivity contribution in [2.24, 2.45) is 0 Å². The minimum Gasteiger partial charge on any atom is -0.398 e. The topological polar surface area (TPSA) is 29.3 Å². The fourth-order valence-electron chi connectivity index (χ4n) is 1.74. The molecule has 0 atom stereocenters. The summed E-state index contributed by atoms with van der Waals surface area (Å²) in [4.78, 5) is 2.26. The van der Waals surface area contributed by atoms with E-state index in [-0.39, 0.29) is 0 Å². The van der Waals surface area contributed by atoms with Gasteiger partial charge in [-0.3, -0.25) is 0 Å². The van der Waals surface area contributed by atoms with Crippen molar-refractivity contribution in [1.82, 2.24) is 0 Å². The number of rotatable bonds is 0. The Morgan fingerprint density at radius 2 is 2.17 bits per heavy atom. The van der Waals surface area contributed by atoms with Crippen LogP contribution in [0.25, 0.3) is 0 Å². The van der Waals surface area contributed by atoms with Crippen LogP contribution in [0, 0.1) is 6.92 Å². The highest BCUT2D eigenvalue weighted by Crippen LogP contribution is 2.30. The van der Waals surface area contributed by atoms with Gasteiger partial charge < -0.3 is 10.6 Å². The van der Waals surface area contributed by atoms with Gasteiger partial charge in [0.25, 0.3) is 0 Å². The van der Waals surface area contributed by atoms with Crippen molar-refractivity contribution in [2.45, 2.75) is 13.3 Å². The quantitative estimate of drug-likeness (QED) is 0.587. The molecule has 0 bridgehead atoms. The number of nitrogens with two attached hydrogens (primary N) is 1. The van der Waals surface area contributed by atoms with E-state index in [2.05, 4.69) is 31.0 Å². The van der Waals surface area contributed by atoms with E-state index < -0.39 is 0 Å². The van der Waals surface area contributed by atoms with Gasteiger partial charge in [-0.15, -0.1) is 0 Å². The van der Waals surface area contributed by atoms with E-state index in [1.54, 1.807) is 0 Å². The summed E-state index contributed by atoms with van der Waals surface area (Å²) in [7, 11) is 2.11. The Morgan fingerprint density at radius 3 is 2.92 bits per heavy atom. The van der Waals surface area contributed by atoms with Gasteiger partial charge >= 0.3 is 0 Å². The first-order valence-electron chi connectivity index (χ1n) is 4.28. The second kappa shape index (κ2) is 2.41. The molecule has 0 saturated heterocycles. The Labute approximate surface area is 73.0 Å². The van der Waals surface area contributed by atoms with Crippen LogP contribution < -0.4 is 10.6 Å². The zero-order valence-corrected chi connectivity index (χ0v) is 7.59. The fraction of sp³-hybridized carbons (Fsp3) is 0.400. The number of nitrogen functional groups attached to an aromatic ring is 1. The molecule has 1 heterocycles. The van der Waals surface area contributed by atoms with Crippen LogP contribution in [0.15, 0.2) is 12.1 Å². The predicted molar refractivity (Wildman–Crippen MR) is 52.6 cm³/mol. The van der Waals surface area contributed by atoms with Gasteiger partial charge in [-0.05, 0) is 30.5 Å². The van der Waals surface area contributed by atoms with Gasteiger partial charge in [-0.2, -0.15) is 0 Å². The molecule has 1 aromatic carbocycles. The smallest absolute Gasteiger partial charge is 0.0417 e. The van der Waals surface area contributed by atoms with Crippen LogP contribution >= 0.6 is 0 Å². The SMILES string of the molecule is Cc1cc2c(cc1N)N(C)CC2. The monoisotopic (exact) mass is 162 g/mol. The Hall–Kier alpha value is -1.18. The number of fused-ring (bicyclic) bond motifs is 1. The van der Waals surface area contributed by atoms with Crippen molar-refractivity contribution in [3.8, 4) is 0 Å². The molecular weight excluding hydrogens is 148 g/mol. The lowest BCUT2D eigenvalue weighted by Gasteiger charge is -2.12. The van der Waals surface area contributed by atoms with Crippen molar-refractivity contribution in [1.29, 1.82) is 0 Å². The van der Waals surface area contributed by atoms with E-state index in [0.29, 0.717) is 0 Å². The first-order chi connectivity index (χ1) is 5.68. The van der Waals surface area contributed by atoms with Gasteiger partial charge in [0.05, 0.1) is 0 Å². The summed E-state index contributed by atoms with van der Waals surface area (Å²) in [6.07, 6.45) is 1.16. The maximum Gasteiger partial charge on any atom is 0.0417 e. The van der Waals surface area contributed by atoms with Crippen molar-refractivity contribution in [3.05, 3.63) is 23.3 Å². The molecule has 0 spiro atoms. The van der Waals surface area contributed by atoms with Crippen LogP contribution in [-0.2, 0) is 6.42 Å². The summed E-state index contributed by atoms with van der Waals surface area (Å²) in [5, 5.41) is 0. The highest BCUT2D eigenvalue weighted by Gasteiger charge is 2.16. The summed E-state index contributed by atoms with van der Waals surface area (Å²) in [6, 6.07) is 4.28. The van der Waals surface area contributed by atoms with E-state index in [9.17, 15) is 0 Å². The summed E-state index contributed by atoms with van der Waals surface area (Å²) in [6.45, 7) is 3.19. The summed E-state index contributed by atoms with van der Waals surface area (Å²) < 4.78 is 0. The minimum absolute atomic E-state index is 0.905. The number of likely N-dealkylation sites (N-methyl/N-ethyl adjacent to an activating group) is 1. The summed E-state index contributed by atoms with van der Waals surface area (Å²) in [5.74, 6) is 0. The molecule has 0 unspecified atom stereocenters. The van der Waals surface area contributed by atoms with Crippen LogP contribution in [0.3, 0.4) is 0 Å². The molecule has 2 N–H and O–H groups in total. The molecule has 2 heteroatoms. The molecular formula is C10H14N2. The van der Waals surface area contributed by atoms with Crippen molar-refractivity contribution in [3.63, 3.8) is 0 Å². The van der Waals surface area contributed by atoms with Crippen LogP contribution in [0.1, 0.15) is 11.1 Å². The number of anilines is 2. The Morgan fingerprint density at radius 1 is 1.42 bits per heavy atom. The highest BCUT2D eigenvalue weighted by atomic mass is 15.1. The zero-order valence-electron chi connectivity index (χ0n) is 7.59. The number of nitrogens with zero attached hydrogens (tertiary/aromatic N) is 1. The van der Waals surface area contributed by atoms with Gasteiger partial charge in [0.2, 0.25) is 0 Å². The third kappa shape index (κ3) is 0.951. The first-order valence-corrected chi connectivity index (χ1v) is 4.28. The molecule has 2 rings (SSSR count). The van der Waals surface area contributed by atoms with E-state index in [0.717, 1.165) is 18.7 Å². The molecule has 64 valence electrons. The average molecular weight is 162 g/mol. The van der Waals surface area contributed by atoms with E-state index >= 15 is 0 Å². The molecule has 12 heavy (non-hydrogen) atoms. The van der Waals surface area contributed by atoms with Gasteiger partial charge in [-0.1, -0.05) is 6.07 Å². The van der Waals surface area contributed by atoms with Crippen LogP contribution in [0.2, 0.25) is 0 Å². The average Bonchev–Trinajstić information content (AvgIpc) is 2.35. The third-order valence-electron chi connectivity index (χ3n) is 2.60. The van der Waals surface area contributed by atoms with Gasteiger partial charge in [0.15, 0.2) is 0 Å². The van der Waals surface area contributed by atoms with E-state index in [4.69, 9.17) is 5.73 Å². The van der Waals surface area contributed by atoms with E-state index in [1.807, 2.05) is 0 Å². The standard InChI is InChI=1S/C10H14N2/c1-7-5-8-3-4-12(2)10(8)6-9(7)11/h5-6H,3-4,11H2,1-2H3. The van der Waals surface area contributed by atoms with Crippen LogP contribution in [-0.4, -0.2) is 13.6 Å². The molecule has 0 amide bonds. The maximum atomic E-state index is 5.83. The summed E-state index contributed by atoms with van der Waals surface area (Å²) in [5.41, 5.74) is 10.7. The van der Waals surface area contributed by atoms with Crippen LogP contribution in [0.4, 0.5) is 11.4 Å². The lowest BCUT2D eigenvalue weighted by atomic mass is 10.1. The number of hydrogen-bond donors (Lipinski definition) is 1. The molecule has 2 nitrogen and oxygen atoms in total. The summed E-state index contributed by atoms with van der Waals surface area (Å²) >= 11 is 0. The second-order valence-corrected chi connectivity index (χ2v) is 3.51. The molecule has 1 aliphatic heterocycles. The number of benzene rings is 1. The van der Waals surface area contributed by atoms with Crippen molar-refractivity contribution < 1.29 is 0 Å². The predicted octanol–water partition coefficient (Wildman–Crippen LogP) is 1.57. The normalized spacial score (nSPS) is 15.0. The molecule has 0 aromatic heterocycles. The van der Waals surface area contributed by atoms with Crippen molar-refractivity contribution in [2.75, 3.05) is 24.2 Å².